The SMILES string of the molecule is Cc1cccc(Oc2cnc(N)[nH]c2=O)c1. The van der Waals surface area contributed by atoms with Gasteiger partial charge in [-0.05, 0) is 24.6 Å². The van der Waals surface area contributed by atoms with Crippen molar-refractivity contribution in [2.45, 2.75) is 6.92 Å². The monoisotopic (exact) mass is 217 g/mol. The highest BCUT2D eigenvalue weighted by atomic mass is 16.5. The molecule has 1 aromatic heterocycles. The average molecular weight is 217 g/mol. The number of hydrogen-bond acceptors (Lipinski definition) is 4. The van der Waals surface area contributed by atoms with E-state index in [1.165, 1.54) is 6.20 Å². The van der Waals surface area contributed by atoms with Gasteiger partial charge in [-0.3, -0.25) is 9.78 Å². The highest BCUT2D eigenvalue weighted by Gasteiger charge is 2.03. The summed E-state index contributed by atoms with van der Waals surface area (Å²) in [6, 6.07) is 7.39. The summed E-state index contributed by atoms with van der Waals surface area (Å²) in [5.41, 5.74) is 5.98. The predicted octanol–water partition coefficient (Wildman–Crippen LogP) is 1.45. The Labute approximate surface area is 91.9 Å². The van der Waals surface area contributed by atoms with Crippen molar-refractivity contribution in [3.63, 3.8) is 0 Å². The Morgan fingerprint density at radius 2 is 2.25 bits per heavy atom. The highest BCUT2D eigenvalue weighted by molar-refractivity contribution is 5.32. The maximum absolute atomic E-state index is 11.4. The van der Waals surface area contributed by atoms with E-state index >= 15 is 0 Å². The van der Waals surface area contributed by atoms with Gasteiger partial charge in [-0.15, -0.1) is 0 Å². The quantitative estimate of drug-likeness (QED) is 0.797. The molecule has 0 aliphatic rings. The molecule has 16 heavy (non-hydrogen) atoms. The van der Waals surface area contributed by atoms with Crippen molar-refractivity contribution in [3.8, 4) is 11.5 Å². The topological polar surface area (TPSA) is 81.0 Å². The van der Waals surface area contributed by atoms with Crippen molar-refractivity contribution >= 4 is 5.95 Å². The lowest BCUT2D eigenvalue weighted by atomic mass is 10.2. The van der Waals surface area contributed by atoms with E-state index in [2.05, 4.69) is 9.97 Å². The van der Waals surface area contributed by atoms with Gasteiger partial charge >= 0.3 is 0 Å². The van der Waals surface area contributed by atoms with E-state index in [0.717, 1.165) is 5.56 Å². The number of H-pyrrole nitrogens is 1. The molecule has 0 fully saturated rings. The van der Waals surface area contributed by atoms with Gasteiger partial charge in [-0.2, -0.15) is 0 Å². The van der Waals surface area contributed by atoms with Crippen LogP contribution in [0.15, 0.2) is 35.3 Å². The number of aromatic nitrogens is 2. The number of nitrogens with two attached hydrogens (primary N) is 1. The Kier molecular flexibility index (Phi) is 2.59. The van der Waals surface area contributed by atoms with Crippen LogP contribution in [0.1, 0.15) is 5.56 Å². The molecule has 2 rings (SSSR count). The van der Waals surface area contributed by atoms with Crippen LogP contribution in [0.25, 0.3) is 0 Å². The molecule has 1 aromatic carbocycles. The third-order valence-electron chi connectivity index (χ3n) is 2.00. The fraction of sp³-hybridized carbons (Fsp3) is 0.0909. The molecule has 5 nitrogen and oxygen atoms in total. The minimum atomic E-state index is -0.394. The van der Waals surface area contributed by atoms with Crippen molar-refractivity contribution in [1.29, 1.82) is 0 Å². The number of benzene rings is 1. The van der Waals surface area contributed by atoms with Crippen LogP contribution in [0.4, 0.5) is 5.95 Å². The van der Waals surface area contributed by atoms with Crippen LogP contribution < -0.4 is 16.0 Å². The van der Waals surface area contributed by atoms with Crippen LogP contribution >= 0.6 is 0 Å². The largest absolute Gasteiger partial charge is 0.450 e. The van der Waals surface area contributed by atoms with E-state index < -0.39 is 5.56 Å². The van der Waals surface area contributed by atoms with Crippen molar-refractivity contribution in [2.75, 3.05) is 5.73 Å². The second-order valence-electron chi connectivity index (χ2n) is 3.38. The van der Waals surface area contributed by atoms with E-state index in [-0.39, 0.29) is 11.7 Å². The summed E-state index contributed by atoms with van der Waals surface area (Å²) in [4.78, 5) is 17.5. The Hall–Kier alpha value is -2.30. The summed E-state index contributed by atoms with van der Waals surface area (Å²) in [6.07, 6.45) is 1.30. The van der Waals surface area contributed by atoms with Crippen LogP contribution in [0.2, 0.25) is 0 Å². The van der Waals surface area contributed by atoms with Gasteiger partial charge < -0.3 is 10.5 Å². The molecule has 0 spiro atoms. The lowest BCUT2D eigenvalue weighted by Gasteiger charge is -2.04. The third kappa shape index (κ3) is 2.20. The number of nitrogens with one attached hydrogen (secondary N) is 1. The Balaban J connectivity index is 2.31. The summed E-state index contributed by atoms with van der Waals surface area (Å²) in [5, 5.41) is 0. The first-order valence-corrected chi connectivity index (χ1v) is 4.74. The molecular weight excluding hydrogens is 206 g/mol. The molecule has 82 valence electrons. The zero-order valence-corrected chi connectivity index (χ0v) is 8.73. The molecule has 5 heteroatoms. The standard InChI is InChI=1S/C11H11N3O2/c1-7-3-2-4-8(5-7)16-9-6-13-11(12)14-10(9)15/h2-6H,1H3,(H3,12,13,14,15). The fourth-order valence-electron chi connectivity index (χ4n) is 1.28. The zero-order valence-electron chi connectivity index (χ0n) is 8.73. The number of anilines is 1. The van der Waals surface area contributed by atoms with Crippen LogP contribution in [-0.2, 0) is 0 Å². The first kappa shape index (κ1) is 10.2. The molecule has 0 aliphatic heterocycles. The Bertz CT molecular complexity index is 563. The number of rotatable bonds is 2. The number of ether oxygens (including phenoxy) is 1. The van der Waals surface area contributed by atoms with Gasteiger partial charge in [0.05, 0.1) is 6.20 Å². The maximum atomic E-state index is 11.4. The van der Waals surface area contributed by atoms with Crippen molar-refractivity contribution in [2.24, 2.45) is 0 Å². The number of nitrogens with zero attached hydrogens (tertiary/aromatic N) is 1. The first-order valence-electron chi connectivity index (χ1n) is 4.74. The smallest absolute Gasteiger partial charge is 0.295 e. The van der Waals surface area contributed by atoms with E-state index in [0.29, 0.717) is 5.75 Å². The minimum absolute atomic E-state index is 0.0709. The number of hydrogen-bond donors (Lipinski definition) is 2. The first-order chi connectivity index (χ1) is 7.65. The summed E-state index contributed by atoms with van der Waals surface area (Å²) >= 11 is 0. The second kappa shape index (κ2) is 4.06. The molecule has 1 heterocycles. The summed E-state index contributed by atoms with van der Waals surface area (Å²) in [7, 11) is 0. The number of aryl methyl sites for hydroxylation is 1. The molecule has 0 aliphatic carbocycles. The summed E-state index contributed by atoms with van der Waals surface area (Å²) < 4.78 is 5.38. The van der Waals surface area contributed by atoms with Gasteiger partial charge in [0.15, 0.2) is 5.95 Å². The molecule has 0 radical (unpaired) electrons. The van der Waals surface area contributed by atoms with Crippen LogP contribution in [0.3, 0.4) is 0 Å². The molecule has 2 aromatic rings. The molecule has 0 bridgehead atoms. The lowest BCUT2D eigenvalue weighted by molar-refractivity contribution is 0.472. The highest BCUT2D eigenvalue weighted by Crippen LogP contribution is 2.18. The number of aromatic amines is 1. The van der Waals surface area contributed by atoms with Gasteiger partial charge in [0, 0.05) is 0 Å². The van der Waals surface area contributed by atoms with E-state index in [9.17, 15) is 4.79 Å². The van der Waals surface area contributed by atoms with Gasteiger partial charge in [-0.1, -0.05) is 12.1 Å². The Morgan fingerprint density at radius 3 is 2.94 bits per heavy atom. The maximum Gasteiger partial charge on any atom is 0.295 e. The van der Waals surface area contributed by atoms with Crippen LogP contribution in [0.5, 0.6) is 11.5 Å². The predicted molar refractivity (Wildman–Crippen MR) is 60.5 cm³/mol. The molecule has 0 unspecified atom stereocenters. The zero-order chi connectivity index (χ0) is 11.5. The third-order valence-corrected chi connectivity index (χ3v) is 2.00. The molecule has 0 amide bonds. The van der Waals surface area contributed by atoms with E-state index in [4.69, 9.17) is 10.5 Å². The van der Waals surface area contributed by atoms with E-state index in [1.54, 1.807) is 6.07 Å². The summed E-state index contributed by atoms with van der Waals surface area (Å²) in [5.74, 6) is 0.790. The normalized spacial score (nSPS) is 10.1. The molecular formula is C11H11N3O2. The molecule has 0 saturated carbocycles. The fourth-order valence-corrected chi connectivity index (χ4v) is 1.28. The van der Waals surface area contributed by atoms with Gasteiger partial charge in [0.25, 0.3) is 5.56 Å². The molecule has 0 atom stereocenters. The van der Waals surface area contributed by atoms with E-state index in [1.807, 2.05) is 25.1 Å². The van der Waals surface area contributed by atoms with Crippen molar-refractivity contribution in [3.05, 3.63) is 46.4 Å². The second-order valence-corrected chi connectivity index (χ2v) is 3.38. The van der Waals surface area contributed by atoms with Gasteiger partial charge in [-0.25, -0.2) is 4.98 Å². The van der Waals surface area contributed by atoms with Gasteiger partial charge in [0.2, 0.25) is 5.75 Å². The van der Waals surface area contributed by atoms with Crippen molar-refractivity contribution in [1.82, 2.24) is 9.97 Å². The molecule has 0 saturated heterocycles. The van der Waals surface area contributed by atoms with Crippen LogP contribution in [0, 0.1) is 6.92 Å². The Morgan fingerprint density at radius 1 is 1.44 bits per heavy atom. The number of nitrogen functional groups attached to an aromatic ring is 1. The lowest BCUT2D eigenvalue weighted by Crippen LogP contribution is -2.12. The molecule has 3 N–H and O–H groups in total. The summed E-state index contributed by atoms with van der Waals surface area (Å²) in [6.45, 7) is 1.94. The minimum Gasteiger partial charge on any atom is -0.450 e. The van der Waals surface area contributed by atoms with Crippen LogP contribution in [-0.4, -0.2) is 9.97 Å². The van der Waals surface area contributed by atoms with Gasteiger partial charge in [0.1, 0.15) is 5.75 Å². The average Bonchev–Trinajstić information content (AvgIpc) is 2.22. The van der Waals surface area contributed by atoms with Crippen molar-refractivity contribution < 1.29 is 4.74 Å².